The summed E-state index contributed by atoms with van der Waals surface area (Å²) in [4.78, 5) is 28.1. The number of nitrogens with one attached hydrogen (secondary N) is 1. The van der Waals surface area contributed by atoms with Gasteiger partial charge in [0.2, 0.25) is 11.8 Å². The van der Waals surface area contributed by atoms with E-state index < -0.39 is 6.04 Å². The van der Waals surface area contributed by atoms with Crippen LogP contribution in [0.1, 0.15) is 16.7 Å². The van der Waals surface area contributed by atoms with Gasteiger partial charge in [0.25, 0.3) is 0 Å². The highest BCUT2D eigenvalue weighted by molar-refractivity contribution is 7.99. The molecular formula is C27H29ClN2O3S. The first kappa shape index (κ1) is 25.7. The summed E-state index contributed by atoms with van der Waals surface area (Å²) >= 11 is 7.59. The second-order valence-electron chi connectivity index (χ2n) is 7.82. The molecule has 3 aromatic carbocycles. The molecule has 0 radical (unpaired) electrons. The second-order valence-corrected chi connectivity index (χ2v) is 9.24. The van der Waals surface area contributed by atoms with E-state index in [1.54, 1.807) is 19.1 Å². The Kier molecular flexibility index (Phi) is 9.86. The molecule has 7 heteroatoms. The lowest BCUT2D eigenvalue weighted by atomic mass is 10.0. The summed E-state index contributed by atoms with van der Waals surface area (Å²) in [7, 11) is 3.21. The number of benzene rings is 3. The summed E-state index contributed by atoms with van der Waals surface area (Å²) in [5.74, 6) is 1.32. The van der Waals surface area contributed by atoms with Gasteiger partial charge in [-0.25, -0.2) is 0 Å². The first-order chi connectivity index (χ1) is 16.5. The van der Waals surface area contributed by atoms with Crippen molar-refractivity contribution in [3.05, 3.63) is 101 Å². The highest BCUT2D eigenvalue weighted by Gasteiger charge is 2.29. The number of thioether (sulfide) groups is 1. The minimum Gasteiger partial charge on any atom is -0.497 e. The molecule has 0 aliphatic carbocycles. The number of amides is 2. The molecule has 0 aliphatic rings. The lowest BCUT2D eigenvalue weighted by Crippen LogP contribution is -2.50. The van der Waals surface area contributed by atoms with Crippen molar-refractivity contribution in [2.45, 2.75) is 24.8 Å². The van der Waals surface area contributed by atoms with Gasteiger partial charge in [-0.05, 0) is 41.0 Å². The monoisotopic (exact) mass is 496 g/mol. The standard InChI is InChI=1S/C27H29ClN2O3S/c1-29-27(32)25(16-20-8-4-3-5-9-20)30(17-21-10-7-13-24(15-21)33-2)26(31)19-34-18-22-11-6-12-23(28)14-22/h3-15,25H,16-19H2,1-2H3,(H,29,32)/t25-/m1/s1. The van der Waals surface area contributed by atoms with Crippen LogP contribution in [0.2, 0.25) is 5.02 Å². The molecule has 5 nitrogen and oxygen atoms in total. The Morgan fingerprint density at radius 3 is 2.38 bits per heavy atom. The molecule has 0 unspecified atom stereocenters. The van der Waals surface area contributed by atoms with Gasteiger partial charge in [0, 0.05) is 30.8 Å². The van der Waals surface area contributed by atoms with Crippen LogP contribution in [0.5, 0.6) is 5.75 Å². The number of carbonyl (C=O) groups is 2. The van der Waals surface area contributed by atoms with Crippen molar-refractivity contribution in [2.75, 3.05) is 19.9 Å². The van der Waals surface area contributed by atoms with Crippen LogP contribution in [-0.4, -0.2) is 42.7 Å². The average Bonchev–Trinajstić information content (AvgIpc) is 2.86. The number of methoxy groups -OCH3 is 1. The molecule has 0 spiro atoms. The SMILES string of the molecule is CNC(=O)[C@@H](Cc1ccccc1)N(Cc1cccc(OC)c1)C(=O)CSCc1cccc(Cl)c1. The lowest BCUT2D eigenvalue weighted by Gasteiger charge is -2.31. The highest BCUT2D eigenvalue weighted by atomic mass is 35.5. The number of halogens is 1. The maximum Gasteiger partial charge on any atom is 0.242 e. The topological polar surface area (TPSA) is 58.6 Å². The molecule has 0 aromatic heterocycles. The molecule has 3 aromatic rings. The molecule has 0 saturated carbocycles. The maximum atomic E-state index is 13.5. The average molecular weight is 497 g/mol. The van der Waals surface area contributed by atoms with E-state index in [0.29, 0.717) is 29.5 Å². The normalized spacial score (nSPS) is 11.5. The number of hydrogen-bond donors (Lipinski definition) is 1. The largest absolute Gasteiger partial charge is 0.497 e. The van der Waals surface area contributed by atoms with Crippen LogP contribution in [0.4, 0.5) is 0 Å². The zero-order valence-electron chi connectivity index (χ0n) is 19.4. The van der Waals surface area contributed by atoms with Gasteiger partial charge in [-0.1, -0.05) is 66.2 Å². The molecule has 0 saturated heterocycles. The van der Waals surface area contributed by atoms with Gasteiger partial charge < -0.3 is 15.0 Å². The van der Waals surface area contributed by atoms with Gasteiger partial charge in [-0.15, -0.1) is 11.8 Å². The summed E-state index contributed by atoms with van der Waals surface area (Å²) < 4.78 is 5.35. The van der Waals surface area contributed by atoms with Crippen LogP contribution in [0.25, 0.3) is 0 Å². The Hall–Kier alpha value is -2.96. The molecule has 3 rings (SSSR count). The van der Waals surface area contributed by atoms with Crippen LogP contribution in [0, 0.1) is 0 Å². The van der Waals surface area contributed by atoms with Crippen molar-refractivity contribution in [2.24, 2.45) is 0 Å². The summed E-state index contributed by atoms with van der Waals surface area (Å²) in [6.45, 7) is 0.304. The first-order valence-electron chi connectivity index (χ1n) is 11.0. The van der Waals surface area contributed by atoms with Crippen LogP contribution < -0.4 is 10.1 Å². The number of nitrogens with zero attached hydrogens (tertiary/aromatic N) is 1. The number of rotatable bonds is 11. The van der Waals surface area contributed by atoms with Crippen molar-refractivity contribution in [3.63, 3.8) is 0 Å². The van der Waals surface area contributed by atoms with Crippen LogP contribution in [-0.2, 0) is 28.3 Å². The maximum absolute atomic E-state index is 13.5. The Labute approximate surface area is 210 Å². The van der Waals surface area contributed by atoms with Gasteiger partial charge in [-0.3, -0.25) is 9.59 Å². The van der Waals surface area contributed by atoms with E-state index in [9.17, 15) is 9.59 Å². The van der Waals surface area contributed by atoms with Crippen LogP contribution in [0.3, 0.4) is 0 Å². The Morgan fingerprint density at radius 2 is 1.68 bits per heavy atom. The van der Waals surface area contributed by atoms with Crippen molar-refractivity contribution < 1.29 is 14.3 Å². The van der Waals surface area contributed by atoms with E-state index >= 15 is 0 Å². The fourth-order valence-electron chi connectivity index (χ4n) is 3.65. The first-order valence-corrected chi connectivity index (χ1v) is 12.5. The fourth-order valence-corrected chi connectivity index (χ4v) is 4.72. The van der Waals surface area contributed by atoms with Crippen LogP contribution >= 0.6 is 23.4 Å². The quantitative estimate of drug-likeness (QED) is 0.407. The van der Waals surface area contributed by atoms with Gasteiger partial charge in [0.1, 0.15) is 11.8 Å². The van der Waals surface area contributed by atoms with E-state index in [4.69, 9.17) is 16.3 Å². The molecule has 0 heterocycles. The van der Waals surface area contributed by atoms with Gasteiger partial charge in [0.05, 0.1) is 12.9 Å². The molecule has 1 N–H and O–H groups in total. The Morgan fingerprint density at radius 1 is 0.971 bits per heavy atom. The summed E-state index contributed by atoms with van der Waals surface area (Å²) in [5.41, 5.74) is 2.94. The molecule has 0 fully saturated rings. The van der Waals surface area contributed by atoms with Crippen molar-refractivity contribution in [1.29, 1.82) is 0 Å². The molecular weight excluding hydrogens is 468 g/mol. The molecule has 34 heavy (non-hydrogen) atoms. The van der Waals surface area contributed by atoms with E-state index in [-0.39, 0.29) is 17.6 Å². The highest BCUT2D eigenvalue weighted by Crippen LogP contribution is 2.21. The number of likely N-dealkylation sites (N-methyl/N-ethyl adjacent to an activating group) is 1. The third-order valence-electron chi connectivity index (χ3n) is 5.39. The molecule has 0 bridgehead atoms. The number of carbonyl (C=O) groups excluding carboxylic acids is 2. The predicted molar refractivity (Wildman–Crippen MR) is 139 cm³/mol. The van der Waals surface area contributed by atoms with E-state index in [2.05, 4.69) is 5.32 Å². The Bertz CT molecular complexity index is 1090. The van der Waals surface area contributed by atoms with Crippen LogP contribution in [0.15, 0.2) is 78.9 Å². The minimum atomic E-state index is -0.641. The van der Waals surface area contributed by atoms with E-state index in [1.165, 1.54) is 11.8 Å². The van der Waals surface area contributed by atoms with E-state index in [1.807, 2.05) is 78.9 Å². The smallest absolute Gasteiger partial charge is 0.242 e. The minimum absolute atomic E-state index is 0.0978. The second kappa shape index (κ2) is 13.1. The van der Waals surface area contributed by atoms with Gasteiger partial charge in [-0.2, -0.15) is 0 Å². The lowest BCUT2D eigenvalue weighted by molar-refractivity contribution is -0.139. The zero-order valence-corrected chi connectivity index (χ0v) is 20.9. The molecule has 178 valence electrons. The van der Waals surface area contributed by atoms with E-state index in [0.717, 1.165) is 16.7 Å². The molecule has 0 aliphatic heterocycles. The van der Waals surface area contributed by atoms with Crippen molar-refractivity contribution >= 4 is 35.2 Å². The summed E-state index contributed by atoms with van der Waals surface area (Å²) in [6, 6.07) is 24.3. The summed E-state index contributed by atoms with van der Waals surface area (Å²) in [5, 5.41) is 3.41. The molecule has 1 atom stereocenters. The summed E-state index contributed by atoms with van der Waals surface area (Å²) in [6.07, 6.45) is 0.426. The fraction of sp³-hybridized carbons (Fsp3) is 0.259. The molecule has 2 amide bonds. The van der Waals surface area contributed by atoms with Gasteiger partial charge >= 0.3 is 0 Å². The van der Waals surface area contributed by atoms with Crippen molar-refractivity contribution in [1.82, 2.24) is 10.2 Å². The van der Waals surface area contributed by atoms with Gasteiger partial charge in [0.15, 0.2) is 0 Å². The number of ether oxygens (including phenoxy) is 1. The number of hydrogen-bond acceptors (Lipinski definition) is 4. The van der Waals surface area contributed by atoms with Crippen molar-refractivity contribution in [3.8, 4) is 5.75 Å². The predicted octanol–water partition coefficient (Wildman–Crippen LogP) is 4.97. The Balaban J connectivity index is 1.82. The third kappa shape index (κ3) is 7.54. The third-order valence-corrected chi connectivity index (χ3v) is 6.61. The zero-order chi connectivity index (χ0) is 24.3.